The Morgan fingerprint density at radius 3 is 3.00 bits per heavy atom. The van der Waals surface area contributed by atoms with Crippen LogP contribution in [0, 0.1) is 6.92 Å². The zero-order chi connectivity index (χ0) is 17.9. The zero-order valence-corrected chi connectivity index (χ0v) is 15.8. The fourth-order valence-electron chi connectivity index (χ4n) is 3.44. The smallest absolute Gasteiger partial charge is 0.222 e. The molecule has 1 amide bonds. The fourth-order valence-corrected chi connectivity index (χ4v) is 4.17. The average Bonchev–Trinajstić information content (AvgIpc) is 3.21. The van der Waals surface area contributed by atoms with E-state index in [1.165, 1.54) is 22.5 Å². The summed E-state index contributed by atoms with van der Waals surface area (Å²) in [4.78, 5) is 24.6. The lowest BCUT2D eigenvalue weighted by atomic mass is 10.1. The van der Waals surface area contributed by atoms with Crippen LogP contribution in [-0.4, -0.2) is 51.3 Å². The van der Waals surface area contributed by atoms with Gasteiger partial charge in [0, 0.05) is 55.8 Å². The molecule has 7 heteroatoms. The van der Waals surface area contributed by atoms with Gasteiger partial charge in [-0.1, -0.05) is 6.07 Å². The van der Waals surface area contributed by atoms with E-state index in [1.54, 1.807) is 0 Å². The number of rotatable bonds is 4. The Morgan fingerprint density at radius 1 is 1.23 bits per heavy atom. The van der Waals surface area contributed by atoms with Crippen molar-refractivity contribution in [2.24, 2.45) is 0 Å². The van der Waals surface area contributed by atoms with Gasteiger partial charge in [-0.2, -0.15) is 4.37 Å². The number of hydrogen-bond donors (Lipinski definition) is 1. The Hall–Kier alpha value is -2.41. The molecule has 1 saturated heterocycles. The quantitative estimate of drug-likeness (QED) is 0.768. The van der Waals surface area contributed by atoms with Crippen molar-refractivity contribution in [2.45, 2.75) is 26.2 Å². The number of H-pyrrole nitrogens is 1. The van der Waals surface area contributed by atoms with Crippen LogP contribution in [0.25, 0.3) is 10.9 Å². The van der Waals surface area contributed by atoms with Gasteiger partial charge in [-0.3, -0.25) is 4.79 Å². The number of aromatic nitrogens is 3. The second-order valence-electron chi connectivity index (χ2n) is 6.74. The Kier molecular flexibility index (Phi) is 4.88. The maximum atomic E-state index is 12.7. The fraction of sp³-hybridized carbons (Fsp3) is 0.421. The Balaban J connectivity index is 1.33. The largest absolute Gasteiger partial charge is 0.361 e. The summed E-state index contributed by atoms with van der Waals surface area (Å²) in [7, 11) is 0. The molecule has 2 aromatic heterocycles. The third kappa shape index (κ3) is 3.72. The Bertz CT molecular complexity index is 902. The topological polar surface area (TPSA) is 65.1 Å². The van der Waals surface area contributed by atoms with Gasteiger partial charge in [0.1, 0.15) is 5.82 Å². The standard InChI is InChI=1S/C19H23N5OS/c1-14-21-19(26-22-14)24-10-2-9-23(11-12-24)18(25)6-4-15-3-5-17-16(13-15)7-8-20-17/h3,5,7-8,13,20H,2,4,6,9-12H2,1H3. The molecule has 0 atom stereocenters. The molecule has 0 radical (unpaired) electrons. The molecule has 0 saturated carbocycles. The minimum absolute atomic E-state index is 0.245. The molecular formula is C19H23N5OS. The first kappa shape index (κ1) is 17.0. The molecule has 0 aliphatic carbocycles. The molecule has 1 aliphatic rings. The van der Waals surface area contributed by atoms with Gasteiger partial charge >= 0.3 is 0 Å². The summed E-state index contributed by atoms with van der Waals surface area (Å²) in [6.45, 7) is 5.26. The number of nitrogens with zero attached hydrogens (tertiary/aromatic N) is 4. The summed E-state index contributed by atoms with van der Waals surface area (Å²) in [6, 6.07) is 8.43. The summed E-state index contributed by atoms with van der Waals surface area (Å²) in [6.07, 6.45) is 4.27. The van der Waals surface area contributed by atoms with E-state index in [9.17, 15) is 4.79 Å². The van der Waals surface area contributed by atoms with Crippen molar-refractivity contribution in [3.05, 3.63) is 41.9 Å². The first-order valence-electron chi connectivity index (χ1n) is 9.08. The molecule has 1 N–H and O–H groups in total. The van der Waals surface area contributed by atoms with Crippen molar-refractivity contribution < 1.29 is 4.79 Å². The molecular weight excluding hydrogens is 346 g/mol. The number of nitrogens with one attached hydrogen (secondary N) is 1. The number of fused-ring (bicyclic) bond motifs is 1. The van der Waals surface area contributed by atoms with E-state index in [-0.39, 0.29) is 5.91 Å². The van der Waals surface area contributed by atoms with Crippen LogP contribution in [0.3, 0.4) is 0 Å². The van der Waals surface area contributed by atoms with E-state index in [2.05, 4.69) is 43.5 Å². The van der Waals surface area contributed by atoms with Crippen LogP contribution in [-0.2, 0) is 11.2 Å². The van der Waals surface area contributed by atoms with Gasteiger partial charge in [0.15, 0.2) is 0 Å². The first-order valence-corrected chi connectivity index (χ1v) is 9.85. The SMILES string of the molecule is Cc1nsc(N2CCCN(C(=O)CCc3ccc4[nH]ccc4c3)CC2)n1. The molecule has 0 bridgehead atoms. The van der Waals surface area contributed by atoms with Crippen LogP contribution < -0.4 is 4.90 Å². The van der Waals surface area contributed by atoms with Crippen molar-refractivity contribution in [3.63, 3.8) is 0 Å². The molecule has 6 nitrogen and oxygen atoms in total. The number of aromatic amines is 1. The number of benzene rings is 1. The lowest BCUT2D eigenvalue weighted by Gasteiger charge is -2.21. The Morgan fingerprint density at radius 2 is 2.15 bits per heavy atom. The second-order valence-corrected chi connectivity index (χ2v) is 7.48. The van der Waals surface area contributed by atoms with Crippen LogP contribution in [0.5, 0.6) is 0 Å². The van der Waals surface area contributed by atoms with E-state index in [0.717, 1.165) is 55.5 Å². The van der Waals surface area contributed by atoms with E-state index >= 15 is 0 Å². The maximum Gasteiger partial charge on any atom is 0.222 e. The molecule has 1 aliphatic heterocycles. The first-order chi connectivity index (χ1) is 12.7. The highest BCUT2D eigenvalue weighted by Crippen LogP contribution is 2.20. The molecule has 1 fully saturated rings. The van der Waals surface area contributed by atoms with Crippen LogP contribution in [0.2, 0.25) is 0 Å². The number of aryl methyl sites for hydroxylation is 2. The van der Waals surface area contributed by atoms with Crippen LogP contribution in [0.1, 0.15) is 24.2 Å². The summed E-state index contributed by atoms with van der Waals surface area (Å²) < 4.78 is 4.26. The predicted octanol–water partition coefficient (Wildman–Crippen LogP) is 3.00. The number of carbonyl (C=O) groups excluding carboxylic acids is 1. The molecule has 1 aromatic carbocycles. The summed E-state index contributed by atoms with van der Waals surface area (Å²) in [5.74, 6) is 1.07. The lowest BCUT2D eigenvalue weighted by Crippen LogP contribution is -2.35. The molecule has 26 heavy (non-hydrogen) atoms. The van der Waals surface area contributed by atoms with Crippen LogP contribution in [0.4, 0.5) is 5.13 Å². The number of amides is 1. The van der Waals surface area contributed by atoms with E-state index in [4.69, 9.17) is 0 Å². The summed E-state index contributed by atoms with van der Waals surface area (Å²) >= 11 is 1.44. The van der Waals surface area contributed by atoms with E-state index in [1.807, 2.05) is 18.0 Å². The minimum atomic E-state index is 0.245. The minimum Gasteiger partial charge on any atom is -0.361 e. The molecule has 3 aromatic rings. The van der Waals surface area contributed by atoms with Gasteiger partial charge in [-0.25, -0.2) is 4.98 Å². The van der Waals surface area contributed by atoms with Crippen molar-refractivity contribution in [1.29, 1.82) is 0 Å². The van der Waals surface area contributed by atoms with E-state index < -0.39 is 0 Å². The molecule has 136 valence electrons. The monoisotopic (exact) mass is 369 g/mol. The molecule has 3 heterocycles. The molecule has 0 unspecified atom stereocenters. The predicted molar refractivity (Wildman–Crippen MR) is 105 cm³/mol. The van der Waals surface area contributed by atoms with Crippen molar-refractivity contribution in [2.75, 3.05) is 31.1 Å². The summed E-state index contributed by atoms with van der Waals surface area (Å²) in [5.41, 5.74) is 2.35. The van der Waals surface area contributed by atoms with Crippen molar-refractivity contribution in [1.82, 2.24) is 19.2 Å². The van der Waals surface area contributed by atoms with Gasteiger partial charge in [0.2, 0.25) is 11.0 Å². The summed E-state index contributed by atoms with van der Waals surface area (Å²) in [5, 5.41) is 2.17. The Labute approximate surface area is 157 Å². The third-order valence-corrected chi connectivity index (χ3v) is 5.75. The number of anilines is 1. The highest BCUT2D eigenvalue weighted by molar-refractivity contribution is 7.09. The third-order valence-electron chi connectivity index (χ3n) is 4.88. The van der Waals surface area contributed by atoms with Crippen molar-refractivity contribution >= 4 is 33.5 Å². The molecule has 4 rings (SSSR count). The number of hydrogen-bond acceptors (Lipinski definition) is 5. The number of carbonyl (C=O) groups is 1. The second kappa shape index (κ2) is 7.45. The van der Waals surface area contributed by atoms with Crippen LogP contribution >= 0.6 is 11.5 Å². The zero-order valence-electron chi connectivity index (χ0n) is 14.9. The van der Waals surface area contributed by atoms with Gasteiger partial charge in [-0.15, -0.1) is 0 Å². The highest BCUT2D eigenvalue weighted by atomic mass is 32.1. The lowest BCUT2D eigenvalue weighted by molar-refractivity contribution is -0.130. The molecule has 0 spiro atoms. The average molecular weight is 369 g/mol. The van der Waals surface area contributed by atoms with Gasteiger partial charge in [-0.05, 0) is 48.9 Å². The van der Waals surface area contributed by atoms with Gasteiger partial charge < -0.3 is 14.8 Å². The van der Waals surface area contributed by atoms with Gasteiger partial charge in [0.25, 0.3) is 0 Å². The normalized spacial score (nSPS) is 15.4. The van der Waals surface area contributed by atoms with E-state index in [0.29, 0.717) is 6.42 Å². The maximum absolute atomic E-state index is 12.7. The van der Waals surface area contributed by atoms with Crippen molar-refractivity contribution in [3.8, 4) is 0 Å². The van der Waals surface area contributed by atoms with Crippen LogP contribution in [0.15, 0.2) is 30.5 Å². The van der Waals surface area contributed by atoms with Gasteiger partial charge in [0.05, 0.1) is 0 Å². The highest BCUT2D eigenvalue weighted by Gasteiger charge is 2.20.